The topological polar surface area (TPSA) is 64.9 Å². The number of pyridine rings is 1. The van der Waals surface area contributed by atoms with E-state index in [1.165, 1.54) is 0 Å². The van der Waals surface area contributed by atoms with Crippen molar-refractivity contribution in [3.8, 4) is 5.75 Å². The number of fused-ring (bicyclic) bond motifs is 1. The Kier molecular flexibility index (Phi) is 3.68. The van der Waals surface area contributed by atoms with Crippen LogP contribution in [-0.2, 0) is 13.5 Å². The van der Waals surface area contributed by atoms with Gasteiger partial charge >= 0.3 is 0 Å². The van der Waals surface area contributed by atoms with Crippen LogP contribution in [0.2, 0.25) is 0 Å². The van der Waals surface area contributed by atoms with Crippen LogP contribution in [0.25, 0.3) is 10.8 Å². The van der Waals surface area contributed by atoms with Gasteiger partial charge in [0.25, 0.3) is 0 Å². The molecule has 6 nitrogen and oxygen atoms in total. The predicted octanol–water partition coefficient (Wildman–Crippen LogP) is 2.03. The molecule has 1 N–H and O–H groups in total. The average Bonchev–Trinajstić information content (AvgIpc) is 2.92. The summed E-state index contributed by atoms with van der Waals surface area (Å²) < 4.78 is 7.30. The lowest BCUT2D eigenvalue weighted by Crippen LogP contribution is -2.09. The molecule has 0 amide bonds. The van der Waals surface area contributed by atoms with Gasteiger partial charge in [-0.15, -0.1) is 10.2 Å². The van der Waals surface area contributed by atoms with Crippen LogP contribution in [0, 0.1) is 0 Å². The smallest absolute Gasteiger partial charge is 0.134 e. The zero-order chi connectivity index (χ0) is 14.7. The lowest BCUT2D eigenvalue weighted by Gasteiger charge is -2.10. The van der Waals surface area contributed by atoms with Crippen molar-refractivity contribution in [1.82, 2.24) is 19.7 Å². The highest BCUT2D eigenvalue weighted by molar-refractivity contribution is 5.95. The maximum Gasteiger partial charge on any atom is 0.134 e. The van der Waals surface area contributed by atoms with Crippen molar-refractivity contribution in [3.05, 3.63) is 42.6 Å². The molecule has 0 unspecified atom stereocenters. The Bertz CT molecular complexity index is 753. The fourth-order valence-electron chi connectivity index (χ4n) is 2.32. The minimum Gasteiger partial charge on any atom is -0.496 e. The van der Waals surface area contributed by atoms with Crippen molar-refractivity contribution in [2.24, 2.45) is 7.05 Å². The van der Waals surface area contributed by atoms with Crippen LogP contribution in [0.1, 0.15) is 5.82 Å². The summed E-state index contributed by atoms with van der Waals surface area (Å²) in [6.07, 6.45) is 4.28. The summed E-state index contributed by atoms with van der Waals surface area (Å²) in [7, 11) is 3.62. The third-order valence-corrected chi connectivity index (χ3v) is 3.43. The van der Waals surface area contributed by atoms with Crippen LogP contribution >= 0.6 is 0 Å². The minimum atomic E-state index is 0.746. The second-order valence-corrected chi connectivity index (χ2v) is 4.75. The molecule has 0 aliphatic rings. The molecule has 0 saturated carbocycles. The molecule has 21 heavy (non-hydrogen) atoms. The number of hydrogen-bond donors (Lipinski definition) is 1. The summed E-state index contributed by atoms with van der Waals surface area (Å²) in [5.41, 5.74) is 0. The van der Waals surface area contributed by atoms with Crippen LogP contribution in [0.15, 0.2) is 36.8 Å². The molecule has 0 fully saturated rings. The van der Waals surface area contributed by atoms with Gasteiger partial charge in [0.15, 0.2) is 0 Å². The summed E-state index contributed by atoms with van der Waals surface area (Å²) in [5, 5.41) is 13.4. The molecule has 0 saturated heterocycles. The normalized spacial score (nSPS) is 10.8. The molecule has 108 valence electrons. The van der Waals surface area contributed by atoms with Crippen LogP contribution < -0.4 is 10.1 Å². The Morgan fingerprint density at radius 2 is 2.14 bits per heavy atom. The van der Waals surface area contributed by atoms with Crippen molar-refractivity contribution in [2.45, 2.75) is 6.42 Å². The van der Waals surface area contributed by atoms with Gasteiger partial charge in [0.05, 0.1) is 7.11 Å². The first-order valence-corrected chi connectivity index (χ1v) is 6.78. The van der Waals surface area contributed by atoms with E-state index in [-0.39, 0.29) is 0 Å². The van der Waals surface area contributed by atoms with E-state index in [1.807, 2.05) is 35.9 Å². The second kappa shape index (κ2) is 5.78. The molecule has 0 aliphatic carbocycles. The van der Waals surface area contributed by atoms with Gasteiger partial charge in [-0.2, -0.15) is 0 Å². The van der Waals surface area contributed by atoms with Crippen LogP contribution in [-0.4, -0.2) is 33.4 Å². The predicted molar refractivity (Wildman–Crippen MR) is 81.5 cm³/mol. The number of nitrogens with zero attached hydrogens (tertiary/aromatic N) is 4. The molecular formula is C15H17N5O. The van der Waals surface area contributed by atoms with Crippen molar-refractivity contribution in [2.75, 3.05) is 19.0 Å². The SMILES string of the molecule is COc1cccc2c(NCCc3nncn3C)nccc12. The highest BCUT2D eigenvalue weighted by atomic mass is 16.5. The van der Waals surface area contributed by atoms with E-state index in [0.29, 0.717) is 0 Å². The monoisotopic (exact) mass is 283 g/mol. The van der Waals surface area contributed by atoms with Gasteiger partial charge in [-0.1, -0.05) is 12.1 Å². The fraction of sp³-hybridized carbons (Fsp3) is 0.267. The molecule has 2 heterocycles. The highest BCUT2D eigenvalue weighted by Gasteiger charge is 2.06. The standard InChI is InChI=1S/C15H17N5O/c1-20-10-18-19-14(20)7-9-17-15-12-4-3-5-13(21-2)11(12)6-8-16-15/h3-6,8,10H,7,9H2,1-2H3,(H,16,17). The maximum absolute atomic E-state index is 5.38. The Labute approximate surface area is 122 Å². The summed E-state index contributed by atoms with van der Waals surface area (Å²) in [4.78, 5) is 4.41. The molecule has 6 heteroatoms. The van der Waals surface area contributed by atoms with E-state index in [4.69, 9.17) is 4.74 Å². The number of methoxy groups -OCH3 is 1. The van der Waals surface area contributed by atoms with Gasteiger partial charge in [0, 0.05) is 37.0 Å². The van der Waals surface area contributed by atoms with Gasteiger partial charge in [-0.05, 0) is 12.1 Å². The van der Waals surface area contributed by atoms with Gasteiger partial charge in [-0.3, -0.25) is 0 Å². The molecule has 0 radical (unpaired) electrons. The molecule has 0 aliphatic heterocycles. The number of aryl methyl sites for hydroxylation is 1. The average molecular weight is 283 g/mol. The minimum absolute atomic E-state index is 0.746. The first-order chi connectivity index (χ1) is 10.3. The third-order valence-electron chi connectivity index (χ3n) is 3.43. The van der Waals surface area contributed by atoms with Gasteiger partial charge in [0.1, 0.15) is 23.7 Å². The van der Waals surface area contributed by atoms with Crippen molar-refractivity contribution in [1.29, 1.82) is 0 Å². The third kappa shape index (κ3) is 2.65. The van der Waals surface area contributed by atoms with E-state index in [0.717, 1.165) is 41.1 Å². The number of hydrogen-bond acceptors (Lipinski definition) is 5. The molecule has 3 aromatic rings. The number of anilines is 1. The van der Waals surface area contributed by atoms with Crippen LogP contribution in [0.5, 0.6) is 5.75 Å². The Hall–Kier alpha value is -2.63. The van der Waals surface area contributed by atoms with Crippen LogP contribution in [0.3, 0.4) is 0 Å². The van der Waals surface area contributed by atoms with E-state index in [2.05, 4.69) is 20.5 Å². The summed E-state index contributed by atoms with van der Waals surface area (Å²) in [5.74, 6) is 2.65. The highest BCUT2D eigenvalue weighted by Crippen LogP contribution is 2.28. The molecule has 0 bridgehead atoms. The zero-order valence-corrected chi connectivity index (χ0v) is 12.1. The Morgan fingerprint density at radius 1 is 1.24 bits per heavy atom. The molecule has 1 aromatic carbocycles. The van der Waals surface area contributed by atoms with E-state index in [1.54, 1.807) is 19.6 Å². The Morgan fingerprint density at radius 3 is 2.90 bits per heavy atom. The first-order valence-electron chi connectivity index (χ1n) is 6.78. The summed E-state index contributed by atoms with van der Waals surface area (Å²) in [6, 6.07) is 7.92. The van der Waals surface area contributed by atoms with E-state index >= 15 is 0 Å². The zero-order valence-electron chi connectivity index (χ0n) is 12.1. The summed E-state index contributed by atoms with van der Waals surface area (Å²) in [6.45, 7) is 0.746. The molecule has 0 atom stereocenters. The van der Waals surface area contributed by atoms with Crippen molar-refractivity contribution < 1.29 is 4.74 Å². The first kappa shape index (κ1) is 13.4. The fourth-order valence-corrected chi connectivity index (χ4v) is 2.32. The molecular weight excluding hydrogens is 266 g/mol. The number of rotatable bonds is 5. The lowest BCUT2D eigenvalue weighted by molar-refractivity contribution is 0.420. The largest absolute Gasteiger partial charge is 0.496 e. The summed E-state index contributed by atoms with van der Waals surface area (Å²) >= 11 is 0. The van der Waals surface area contributed by atoms with Crippen molar-refractivity contribution >= 4 is 16.6 Å². The second-order valence-electron chi connectivity index (χ2n) is 4.75. The van der Waals surface area contributed by atoms with E-state index < -0.39 is 0 Å². The number of benzene rings is 1. The quantitative estimate of drug-likeness (QED) is 0.776. The molecule has 0 spiro atoms. The van der Waals surface area contributed by atoms with Crippen LogP contribution in [0.4, 0.5) is 5.82 Å². The van der Waals surface area contributed by atoms with Gasteiger partial charge < -0.3 is 14.6 Å². The van der Waals surface area contributed by atoms with Gasteiger partial charge in [0.2, 0.25) is 0 Å². The van der Waals surface area contributed by atoms with E-state index in [9.17, 15) is 0 Å². The van der Waals surface area contributed by atoms with Gasteiger partial charge in [-0.25, -0.2) is 4.98 Å². The lowest BCUT2D eigenvalue weighted by atomic mass is 10.1. The number of ether oxygens (including phenoxy) is 1. The number of aromatic nitrogens is 4. The molecule has 3 rings (SSSR count). The van der Waals surface area contributed by atoms with Crippen molar-refractivity contribution in [3.63, 3.8) is 0 Å². The number of nitrogens with one attached hydrogen (secondary N) is 1. The maximum atomic E-state index is 5.38. The Balaban J connectivity index is 1.79. The molecule has 2 aromatic heterocycles.